The second-order valence-electron chi connectivity index (χ2n) is 5.96. The van der Waals surface area contributed by atoms with Crippen molar-refractivity contribution >= 4 is 0 Å². The Kier molecular flexibility index (Phi) is 7.15. The molecule has 1 aromatic rings. The highest BCUT2D eigenvalue weighted by molar-refractivity contribution is 5.31. The van der Waals surface area contributed by atoms with Crippen LogP contribution in [0.4, 0.5) is 0 Å². The van der Waals surface area contributed by atoms with Gasteiger partial charge in [0.05, 0.1) is 0 Å². The minimum absolute atomic E-state index is 0.611. The van der Waals surface area contributed by atoms with Crippen molar-refractivity contribution in [1.82, 2.24) is 5.32 Å². The van der Waals surface area contributed by atoms with Gasteiger partial charge in [-0.05, 0) is 56.7 Å². The van der Waals surface area contributed by atoms with E-state index in [1.54, 1.807) is 0 Å². The number of aryl methyl sites for hydroxylation is 2. The molecule has 1 N–H and O–H groups in total. The monoisotopic (exact) mass is 261 g/mol. The molecule has 108 valence electrons. The predicted molar refractivity (Wildman–Crippen MR) is 85.8 cm³/mol. The van der Waals surface area contributed by atoms with Crippen molar-refractivity contribution in [2.75, 3.05) is 6.54 Å². The molecule has 0 saturated heterocycles. The molecule has 0 saturated carbocycles. The second-order valence-corrected chi connectivity index (χ2v) is 5.96. The van der Waals surface area contributed by atoms with Gasteiger partial charge in [-0.15, -0.1) is 0 Å². The molecule has 1 nitrogen and oxygen atoms in total. The van der Waals surface area contributed by atoms with E-state index in [1.165, 1.54) is 36.0 Å². The molecule has 0 bridgehead atoms. The molecule has 0 aliphatic carbocycles. The third-order valence-electron chi connectivity index (χ3n) is 4.03. The van der Waals surface area contributed by atoms with E-state index in [4.69, 9.17) is 0 Å². The summed E-state index contributed by atoms with van der Waals surface area (Å²) in [6.45, 7) is 12.5. The average molecular weight is 261 g/mol. The normalized spacial score (nSPS) is 14.4. The van der Waals surface area contributed by atoms with Gasteiger partial charge in [0.15, 0.2) is 0 Å². The fourth-order valence-corrected chi connectivity index (χ4v) is 2.72. The SMILES string of the molecule is CCCNC(Cc1cc(C)ccc1C)C(C)CCC. The van der Waals surface area contributed by atoms with Crippen LogP contribution in [0.1, 0.15) is 56.7 Å². The fourth-order valence-electron chi connectivity index (χ4n) is 2.72. The van der Waals surface area contributed by atoms with Crippen molar-refractivity contribution in [3.8, 4) is 0 Å². The van der Waals surface area contributed by atoms with Crippen LogP contribution in [0.15, 0.2) is 18.2 Å². The van der Waals surface area contributed by atoms with Gasteiger partial charge in [-0.1, -0.05) is 51.0 Å². The Bertz CT molecular complexity index is 370. The Morgan fingerprint density at radius 3 is 2.47 bits per heavy atom. The van der Waals surface area contributed by atoms with Crippen LogP contribution < -0.4 is 5.32 Å². The molecule has 0 amide bonds. The topological polar surface area (TPSA) is 12.0 Å². The highest BCUT2D eigenvalue weighted by atomic mass is 14.9. The van der Waals surface area contributed by atoms with Crippen LogP contribution in [-0.4, -0.2) is 12.6 Å². The Morgan fingerprint density at radius 2 is 1.84 bits per heavy atom. The maximum atomic E-state index is 3.75. The van der Waals surface area contributed by atoms with Crippen LogP contribution in [0.3, 0.4) is 0 Å². The second kappa shape index (κ2) is 8.37. The predicted octanol–water partition coefficient (Wildman–Crippen LogP) is 4.65. The summed E-state index contributed by atoms with van der Waals surface area (Å²) in [4.78, 5) is 0. The number of nitrogens with one attached hydrogen (secondary N) is 1. The van der Waals surface area contributed by atoms with Gasteiger partial charge in [0, 0.05) is 6.04 Å². The summed E-state index contributed by atoms with van der Waals surface area (Å²) < 4.78 is 0. The third kappa shape index (κ3) is 5.36. The van der Waals surface area contributed by atoms with Crippen molar-refractivity contribution in [2.45, 2.75) is 66.3 Å². The molecule has 0 aliphatic heterocycles. The minimum Gasteiger partial charge on any atom is -0.313 e. The van der Waals surface area contributed by atoms with Gasteiger partial charge < -0.3 is 5.32 Å². The summed E-state index contributed by atoms with van der Waals surface area (Å²) in [5, 5.41) is 3.75. The molecule has 0 heterocycles. The fraction of sp³-hybridized carbons (Fsp3) is 0.667. The lowest BCUT2D eigenvalue weighted by Crippen LogP contribution is -2.37. The standard InChI is InChI=1S/C18H31N/c1-6-8-16(5)18(19-11-7-2)13-17-12-14(3)9-10-15(17)4/h9-10,12,16,18-19H,6-8,11,13H2,1-5H3. The van der Waals surface area contributed by atoms with E-state index >= 15 is 0 Å². The molecule has 1 heteroatoms. The molecular weight excluding hydrogens is 230 g/mol. The van der Waals surface area contributed by atoms with E-state index in [9.17, 15) is 0 Å². The lowest BCUT2D eigenvalue weighted by Gasteiger charge is -2.26. The Labute approximate surface area is 119 Å². The smallest absolute Gasteiger partial charge is 0.0133 e. The highest BCUT2D eigenvalue weighted by Gasteiger charge is 2.17. The van der Waals surface area contributed by atoms with Gasteiger partial charge in [0.2, 0.25) is 0 Å². The first-order valence-electron chi connectivity index (χ1n) is 7.88. The van der Waals surface area contributed by atoms with Crippen LogP contribution in [-0.2, 0) is 6.42 Å². The van der Waals surface area contributed by atoms with Gasteiger partial charge in [0.25, 0.3) is 0 Å². The van der Waals surface area contributed by atoms with E-state index in [1.807, 2.05) is 0 Å². The zero-order chi connectivity index (χ0) is 14.3. The summed E-state index contributed by atoms with van der Waals surface area (Å²) in [5.74, 6) is 0.747. The molecule has 19 heavy (non-hydrogen) atoms. The number of benzene rings is 1. The third-order valence-corrected chi connectivity index (χ3v) is 4.03. The molecule has 0 aliphatic rings. The number of hydrogen-bond acceptors (Lipinski definition) is 1. The van der Waals surface area contributed by atoms with Crippen molar-refractivity contribution in [1.29, 1.82) is 0 Å². The maximum Gasteiger partial charge on any atom is 0.0133 e. The quantitative estimate of drug-likeness (QED) is 0.718. The van der Waals surface area contributed by atoms with Gasteiger partial charge in [-0.2, -0.15) is 0 Å². The van der Waals surface area contributed by atoms with Gasteiger partial charge in [-0.25, -0.2) is 0 Å². The largest absolute Gasteiger partial charge is 0.313 e. The highest BCUT2D eigenvalue weighted by Crippen LogP contribution is 2.19. The van der Waals surface area contributed by atoms with Crippen LogP contribution >= 0.6 is 0 Å². The van der Waals surface area contributed by atoms with E-state index in [0.29, 0.717) is 6.04 Å². The van der Waals surface area contributed by atoms with E-state index in [-0.39, 0.29) is 0 Å². The van der Waals surface area contributed by atoms with Crippen LogP contribution in [0.25, 0.3) is 0 Å². The Hall–Kier alpha value is -0.820. The Morgan fingerprint density at radius 1 is 1.11 bits per heavy atom. The lowest BCUT2D eigenvalue weighted by molar-refractivity contribution is 0.352. The maximum absolute atomic E-state index is 3.75. The van der Waals surface area contributed by atoms with E-state index in [0.717, 1.165) is 18.9 Å². The van der Waals surface area contributed by atoms with Crippen LogP contribution in [0, 0.1) is 19.8 Å². The van der Waals surface area contributed by atoms with Crippen molar-refractivity contribution in [2.24, 2.45) is 5.92 Å². The molecule has 0 radical (unpaired) electrons. The summed E-state index contributed by atoms with van der Waals surface area (Å²) in [5.41, 5.74) is 4.31. The molecule has 0 fully saturated rings. The van der Waals surface area contributed by atoms with E-state index < -0.39 is 0 Å². The van der Waals surface area contributed by atoms with Crippen LogP contribution in [0.5, 0.6) is 0 Å². The summed E-state index contributed by atoms with van der Waals surface area (Å²) in [7, 11) is 0. The summed E-state index contributed by atoms with van der Waals surface area (Å²) >= 11 is 0. The molecule has 1 aromatic carbocycles. The van der Waals surface area contributed by atoms with Crippen molar-refractivity contribution < 1.29 is 0 Å². The first-order valence-corrected chi connectivity index (χ1v) is 7.88. The van der Waals surface area contributed by atoms with Gasteiger partial charge in [0.1, 0.15) is 0 Å². The van der Waals surface area contributed by atoms with Crippen molar-refractivity contribution in [3.63, 3.8) is 0 Å². The first kappa shape index (κ1) is 16.2. The molecule has 0 aromatic heterocycles. The molecule has 2 atom stereocenters. The average Bonchev–Trinajstić information content (AvgIpc) is 2.38. The van der Waals surface area contributed by atoms with Gasteiger partial charge in [-0.3, -0.25) is 0 Å². The lowest BCUT2D eigenvalue weighted by atomic mass is 9.89. The molecule has 2 unspecified atom stereocenters. The van der Waals surface area contributed by atoms with Crippen LogP contribution in [0.2, 0.25) is 0 Å². The van der Waals surface area contributed by atoms with E-state index in [2.05, 4.69) is 58.1 Å². The van der Waals surface area contributed by atoms with Crippen molar-refractivity contribution in [3.05, 3.63) is 34.9 Å². The zero-order valence-corrected chi connectivity index (χ0v) is 13.4. The first-order chi connectivity index (χ1) is 9.08. The van der Waals surface area contributed by atoms with Gasteiger partial charge >= 0.3 is 0 Å². The molecule has 1 rings (SSSR count). The molecular formula is C18H31N. The number of hydrogen-bond donors (Lipinski definition) is 1. The summed E-state index contributed by atoms with van der Waals surface area (Å²) in [6.07, 6.45) is 4.96. The summed E-state index contributed by atoms with van der Waals surface area (Å²) in [6, 6.07) is 7.43. The molecule has 0 spiro atoms. The Balaban J connectivity index is 2.77. The zero-order valence-electron chi connectivity index (χ0n) is 13.4. The minimum atomic E-state index is 0.611. The number of rotatable bonds is 8.